The molecule has 7 heteroatoms. The highest BCUT2D eigenvalue weighted by Crippen LogP contribution is 2.24. The molecule has 0 bridgehead atoms. The van der Waals surface area contributed by atoms with Crippen molar-refractivity contribution in [2.24, 2.45) is 0 Å². The van der Waals surface area contributed by atoms with Gasteiger partial charge in [0.2, 0.25) is 0 Å². The van der Waals surface area contributed by atoms with Crippen LogP contribution in [0.15, 0.2) is 91.3 Å². The van der Waals surface area contributed by atoms with E-state index in [0.29, 0.717) is 18.2 Å². The van der Waals surface area contributed by atoms with Crippen molar-refractivity contribution in [2.45, 2.75) is 13.2 Å². The van der Waals surface area contributed by atoms with Gasteiger partial charge in [0.15, 0.2) is 0 Å². The molecule has 0 saturated heterocycles. The van der Waals surface area contributed by atoms with Crippen molar-refractivity contribution in [2.75, 3.05) is 0 Å². The second-order valence-corrected chi connectivity index (χ2v) is 7.97. The maximum Gasteiger partial charge on any atom is 0.138 e. The quantitative estimate of drug-likeness (QED) is 0.296. The Labute approximate surface area is 196 Å². The molecule has 0 unspecified atom stereocenters. The number of tetrazole rings is 1. The molecule has 0 aliphatic carbocycles. The van der Waals surface area contributed by atoms with Crippen molar-refractivity contribution in [3.05, 3.63) is 113 Å². The van der Waals surface area contributed by atoms with Gasteiger partial charge < -0.3 is 4.74 Å². The molecule has 2 aromatic heterocycles. The van der Waals surface area contributed by atoms with Crippen LogP contribution in [0.3, 0.4) is 0 Å². The van der Waals surface area contributed by atoms with Gasteiger partial charge in [-0.25, -0.2) is 9.67 Å². The van der Waals surface area contributed by atoms with Crippen LogP contribution in [0.2, 0.25) is 5.02 Å². The maximum atomic E-state index is 6.03. The number of halogens is 1. The monoisotopic (exact) mass is 453 g/mol. The smallest absolute Gasteiger partial charge is 0.138 e. The van der Waals surface area contributed by atoms with E-state index < -0.39 is 0 Å². The Bertz CT molecular complexity index is 1380. The molecule has 162 valence electrons. The third kappa shape index (κ3) is 5.25. The average Bonchev–Trinajstić information content (AvgIpc) is 3.37. The molecule has 33 heavy (non-hydrogen) atoms. The van der Waals surface area contributed by atoms with Gasteiger partial charge in [-0.05, 0) is 69.6 Å². The molecule has 3 aromatic carbocycles. The molecule has 6 nitrogen and oxygen atoms in total. The summed E-state index contributed by atoms with van der Waals surface area (Å²) in [5.74, 6) is 0.780. The van der Waals surface area contributed by atoms with Crippen LogP contribution in [0.5, 0.6) is 5.75 Å². The van der Waals surface area contributed by atoms with Crippen LogP contribution >= 0.6 is 11.6 Å². The molecule has 0 aliphatic heterocycles. The summed E-state index contributed by atoms with van der Waals surface area (Å²) in [6.45, 7) is 0.944. The fraction of sp³-hybridized carbons (Fsp3) is 0.0769. The number of hydrogen-bond acceptors (Lipinski definition) is 5. The number of allylic oxidation sites excluding steroid dienone is 1. The molecule has 2 heterocycles. The van der Waals surface area contributed by atoms with E-state index in [1.54, 1.807) is 11.0 Å². The fourth-order valence-electron chi connectivity index (χ4n) is 3.52. The molecule has 0 aliphatic rings. The zero-order chi connectivity index (χ0) is 22.5. The highest BCUT2D eigenvalue weighted by molar-refractivity contribution is 6.30. The summed E-state index contributed by atoms with van der Waals surface area (Å²) in [5.41, 5.74) is 5.02. The van der Waals surface area contributed by atoms with Crippen molar-refractivity contribution in [1.29, 1.82) is 0 Å². The van der Waals surface area contributed by atoms with Crippen molar-refractivity contribution in [1.82, 2.24) is 25.2 Å². The van der Waals surface area contributed by atoms with Crippen molar-refractivity contribution in [3.63, 3.8) is 0 Å². The Balaban J connectivity index is 1.34. The highest BCUT2D eigenvalue weighted by atomic mass is 35.5. The van der Waals surface area contributed by atoms with Crippen LogP contribution in [-0.4, -0.2) is 25.2 Å². The van der Waals surface area contributed by atoms with Crippen LogP contribution in [0.1, 0.15) is 16.8 Å². The number of fused-ring (bicyclic) bond motifs is 1. The first-order valence-electron chi connectivity index (χ1n) is 10.5. The van der Waals surface area contributed by atoms with Crippen LogP contribution in [-0.2, 0) is 13.2 Å². The lowest BCUT2D eigenvalue weighted by Gasteiger charge is -2.11. The fourth-order valence-corrected chi connectivity index (χ4v) is 3.64. The number of aromatic nitrogens is 5. The lowest BCUT2D eigenvalue weighted by molar-refractivity contribution is 0.302. The van der Waals surface area contributed by atoms with Crippen molar-refractivity contribution >= 4 is 34.2 Å². The number of ether oxygens (including phenoxy) is 1. The molecule has 0 atom stereocenters. The minimum absolute atomic E-state index is 0.405. The molecule has 0 radical (unpaired) electrons. The van der Waals surface area contributed by atoms with Crippen LogP contribution in [0, 0.1) is 0 Å². The van der Waals surface area contributed by atoms with E-state index in [1.165, 1.54) is 0 Å². The molecular formula is C26H20ClN5O. The summed E-state index contributed by atoms with van der Waals surface area (Å²) >= 11 is 6.03. The number of rotatable bonds is 7. The van der Waals surface area contributed by atoms with Gasteiger partial charge in [-0.15, -0.1) is 5.10 Å². The van der Waals surface area contributed by atoms with Gasteiger partial charge >= 0.3 is 0 Å². The predicted octanol–water partition coefficient (Wildman–Crippen LogP) is 5.69. The molecule has 0 amide bonds. The van der Waals surface area contributed by atoms with E-state index >= 15 is 0 Å². The lowest BCUT2D eigenvalue weighted by Crippen LogP contribution is -2.02. The standard InChI is InChI=1S/C26H20ClN5O/c27-23-10-5-19(6-11-23)15-22(16-32-18-28-30-31-32)20-8-13-25(14-9-20)33-17-24-12-7-21-3-1-2-4-26(21)29-24/h1-15,18H,16-17H2/b22-15+. The van der Waals surface area contributed by atoms with E-state index in [-0.39, 0.29) is 0 Å². The Morgan fingerprint density at radius 2 is 1.73 bits per heavy atom. The average molecular weight is 454 g/mol. The zero-order valence-corrected chi connectivity index (χ0v) is 18.4. The third-order valence-corrected chi connectivity index (χ3v) is 5.45. The Morgan fingerprint density at radius 3 is 2.52 bits per heavy atom. The highest BCUT2D eigenvalue weighted by Gasteiger charge is 2.07. The Hall–Kier alpha value is -4.03. The van der Waals surface area contributed by atoms with Gasteiger partial charge in [-0.2, -0.15) is 0 Å². The van der Waals surface area contributed by atoms with Gasteiger partial charge in [-0.1, -0.05) is 60.1 Å². The topological polar surface area (TPSA) is 65.7 Å². The second kappa shape index (κ2) is 9.63. The number of benzene rings is 3. The SMILES string of the molecule is Clc1ccc(/C=C(\Cn2cnnn2)c2ccc(OCc3ccc4ccccc4n3)cc2)cc1. The van der Waals surface area contributed by atoms with E-state index in [2.05, 4.69) is 38.7 Å². The predicted molar refractivity (Wildman–Crippen MR) is 130 cm³/mol. The first-order valence-corrected chi connectivity index (χ1v) is 10.9. The summed E-state index contributed by atoms with van der Waals surface area (Å²) in [6, 6.07) is 27.8. The van der Waals surface area contributed by atoms with Crippen molar-refractivity contribution < 1.29 is 4.74 Å². The molecular weight excluding hydrogens is 434 g/mol. The minimum Gasteiger partial charge on any atom is -0.487 e. The summed E-state index contributed by atoms with van der Waals surface area (Å²) in [5, 5.41) is 13.3. The van der Waals surface area contributed by atoms with Gasteiger partial charge in [0.25, 0.3) is 0 Å². The number of para-hydroxylation sites is 1. The zero-order valence-electron chi connectivity index (χ0n) is 17.7. The second-order valence-electron chi connectivity index (χ2n) is 7.54. The minimum atomic E-state index is 0.405. The summed E-state index contributed by atoms with van der Waals surface area (Å²) < 4.78 is 7.67. The number of hydrogen-bond donors (Lipinski definition) is 0. The first-order chi connectivity index (χ1) is 16.2. The van der Waals surface area contributed by atoms with Gasteiger partial charge in [0.1, 0.15) is 18.7 Å². The lowest BCUT2D eigenvalue weighted by atomic mass is 10.0. The summed E-state index contributed by atoms with van der Waals surface area (Å²) in [6.07, 6.45) is 3.70. The molecule has 5 aromatic rings. The summed E-state index contributed by atoms with van der Waals surface area (Å²) in [7, 11) is 0. The largest absolute Gasteiger partial charge is 0.487 e. The maximum absolute atomic E-state index is 6.03. The van der Waals surface area contributed by atoms with E-state index in [4.69, 9.17) is 16.3 Å². The number of nitrogens with zero attached hydrogens (tertiary/aromatic N) is 5. The van der Waals surface area contributed by atoms with E-state index in [0.717, 1.165) is 39.0 Å². The van der Waals surface area contributed by atoms with Gasteiger partial charge in [0, 0.05) is 10.4 Å². The van der Waals surface area contributed by atoms with Gasteiger partial charge in [0.05, 0.1) is 17.8 Å². The Kier molecular flexibility index (Phi) is 6.08. The van der Waals surface area contributed by atoms with E-state index in [1.807, 2.05) is 72.8 Å². The number of pyridine rings is 1. The van der Waals surface area contributed by atoms with Crippen LogP contribution < -0.4 is 4.74 Å². The molecule has 5 rings (SSSR count). The van der Waals surface area contributed by atoms with Crippen LogP contribution in [0.25, 0.3) is 22.6 Å². The van der Waals surface area contributed by atoms with E-state index in [9.17, 15) is 0 Å². The van der Waals surface area contributed by atoms with Crippen molar-refractivity contribution in [3.8, 4) is 5.75 Å². The molecule has 0 fully saturated rings. The molecule has 0 N–H and O–H groups in total. The molecule has 0 spiro atoms. The normalized spacial score (nSPS) is 11.6. The molecule has 0 saturated carbocycles. The third-order valence-electron chi connectivity index (χ3n) is 5.20. The van der Waals surface area contributed by atoms with Crippen LogP contribution in [0.4, 0.5) is 0 Å². The Morgan fingerprint density at radius 1 is 0.909 bits per heavy atom. The first kappa shape index (κ1) is 20.8. The van der Waals surface area contributed by atoms with Gasteiger partial charge in [-0.3, -0.25) is 0 Å². The summed E-state index contributed by atoms with van der Waals surface area (Å²) in [4.78, 5) is 4.67.